The zero-order chi connectivity index (χ0) is 17.1. The fourth-order valence-electron chi connectivity index (χ4n) is 3.01. The topological polar surface area (TPSA) is 0 Å². The van der Waals surface area contributed by atoms with Crippen molar-refractivity contribution in [1.29, 1.82) is 0 Å². The predicted molar refractivity (Wildman–Crippen MR) is 110 cm³/mol. The van der Waals surface area contributed by atoms with Gasteiger partial charge in [-0.2, -0.15) is 0 Å². The lowest BCUT2D eigenvalue weighted by Crippen LogP contribution is -1.82. The van der Waals surface area contributed by atoms with E-state index in [1.807, 2.05) is 12.1 Å². The third kappa shape index (κ3) is 3.57. The summed E-state index contributed by atoms with van der Waals surface area (Å²) in [6.45, 7) is 0. The zero-order valence-electron chi connectivity index (χ0n) is 13.7. The second-order valence-electron chi connectivity index (χ2n) is 6.03. The second-order valence-corrected chi connectivity index (χ2v) is 6.95. The molecule has 0 bridgehead atoms. The summed E-state index contributed by atoms with van der Waals surface area (Å²) in [5.41, 5.74) is 7.42. The summed E-state index contributed by atoms with van der Waals surface area (Å²) in [5.74, 6) is 0. The third-order valence-electron chi connectivity index (χ3n) is 4.37. The minimum Gasteiger partial charge on any atom is -0.0622 e. The Morgan fingerprint density at radius 2 is 0.760 bits per heavy atom. The van der Waals surface area contributed by atoms with Gasteiger partial charge in [0.05, 0.1) is 0 Å². The lowest BCUT2D eigenvalue weighted by molar-refractivity contribution is 1.57. The molecule has 4 rings (SSSR count). The quantitative estimate of drug-likeness (QED) is 0.344. The van der Waals surface area contributed by atoms with Crippen molar-refractivity contribution in [3.8, 4) is 33.4 Å². The van der Waals surface area contributed by atoms with E-state index in [9.17, 15) is 0 Å². The van der Waals surface area contributed by atoms with Crippen LogP contribution in [0, 0.1) is 0 Å². The van der Waals surface area contributed by atoms with Crippen LogP contribution in [0.1, 0.15) is 0 Å². The van der Waals surface area contributed by atoms with Crippen LogP contribution in [0.4, 0.5) is 0 Å². The molecule has 0 aromatic heterocycles. The predicted octanol–water partition coefficient (Wildman–Crippen LogP) is 7.45. The Bertz CT molecular complexity index is 968. The van der Waals surface area contributed by atoms with Crippen molar-refractivity contribution in [3.63, 3.8) is 0 Å². The van der Waals surface area contributed by atoms with E-state index >= 15 is 0 Å². The SMILES string of the molecule is Brc1cccc(-c2ccc(-c3ccc(-c4ccccc4)cc3)cc2)c1. The van der Waals surface area contributed by atoms with E-state index in [-0.39, 0.29) is 0 Å². The van der Waals surface area contributed by atoms with Crippen molar-refractivity contribution in [3.05, 3.63) is 108 Å². The standard InChI is InChI=1S/C24H17Br/c25-24-8-4-7-23(17-24)22-15-13-21(14-16-22)20-11-9-19(10-12-20)18-5-2-1-3-6-18/h1-17H. The Labute approximate surface area is 156 Å². The molecule has 0 fully saturated rings. The maximum absolute atomic E-state index is 3.54. The van der Waals surface area contributed by atoms with E-state index in [1.165, 1.54) is 33.4 Å². The first-order valence-electron chi connectivity index (χ1n) is 8.31. The Kier molecular flexibility index (Phi) is 4.49. The number of hydrogen-bond donors (Lipinski definition) is 0. The fraction of sp³-hybridized carbons (Fsp3) is 0. The van der Waals surface area contributed by atoms with Gasteiger partial charge in [0.2, 0.25) is 0 Å². The van der Waals surface area contributed by atoms with E-state index in [2.05, 4.69) is 107 Å². The van der Waals surface area contributed by atoms with Crippen LogP contribution in [-0.4, -0.2) is 0 Å². The summed E-state index contributed by atoms with van der Waals surface area (Å²) >= 11 is 3.54. The van der Waals surface area contributed by atoms with Crippen LogP contribution in [0.3, 0.4) is 0 Å². The highest BCUT2D eigenvalue weighted by molar-refractivity contribution is 9.10. The van der Waals surface area contributed by atoms with E-state index < -0.39 is 0 Å². The van der Waals surface area contributed by atoms with Crippen LogP contribution in [0.15, 0.2) is 108 Å². The van der Waals surface area contributed by atoms with Gasteiger partial charge in [-0.05, 0) is 45.5 Å². The summed E-state index contributed by atoms with van der Waals surface area (Å²) in [6, 6.07) is 36.4. The van der Waals surface area contributed by atoms with Gasteiger partial charge in [-0.15, -0.1) is 0 Å². The van der Waals surface area contributed by atoms with E-state index in [0.29, 0.717) is 0 Å². The zero-order valence-corrected chi connectivity index (χ0v) is 15.3. The monoisotopic (exact) mass is 384 g/mol. The molecule has 0 unspecified atom stereocenters. The van der Waals surface area contributed by atoms with Gasteiger partial charge in [0.15, 0.2) is 0 Å². The average Bonchev–Trinajstić information content (AvgIpc) is 2.69. The molecule has 0 N–H and O–H groups in total. The molecule has 0 atom stereocenters. The molecular weight excluding hydrogens is 368 g/mol. The average molecular weight is 385 g/mol. The van der Waals surface area contributed by atoms with Crippen molar-refractivity contribution in [2.45, 2.75) is 0 Å². The first-order chi connectivity index (χ1) is 12.3. The molecule has 25 heavy (non-hydrogen) atoms. The molecule has 0 saturated carbocycles. The molecule has 0 aliphatic rings. The van der Waals surface area contributed by atoms with E-state index in [1.54, 1.807) is 0 Å². The Hall–Kier alpha value is -2.64. The molecule has 4 aromatic rings. The molecular formula is C24H17Br. The molecule has 0 saturated heterocycles. The van der Waals surface area contributed by atoms with Crippen LogP contribution in [0.5, 0.6) is 0 Å². The maximum atomic E-state index is 3.54. The minimum absolute atomic E-state index is 1.10. The summed E-state index contributed by atoms with van der Waals surface area (Å²) in [4.78, 5) is 0. The number of hydrogen-bond acceptors (Lipinski definition) is 0. The summed E-state index contributed by atoms with van der Waals surface area (Å²) in [5, 5.41) is 0. The highest BCUT2D eigenvalue weighted by Crippen LogP contribution is 2.28. The van der Waals surface area contributed by atoms with Gasteiger partial charge in [0.25, 0.3) is 0 Å². The lowest BCUT2D eigenvalue weighted by Gasteiger charge is -2.07. The molecule has 0 nitrogen and oxygen atoms in total. The molecule has 0 aliphatic heterocycles. The maximum Gasteiger partial charge on any atom is 0.0181 e. The molecule has 0 amide bonds. The fourth-order valence-corrected chi connectivity index (χ4v) is 3.41. The van der Waals surface area contributed by atoms with Crippen LogP contribution in [0.2, 0.25) is 0 Å². The molecule has 0 aliphatic carbocycles. The van der Waals surface area contributed by atoms with Crippen LogP contribution < -0.4 is 0 Å². The third-order valence-corrected chi connectivity index (χ3v) is 4.86. The van der Waals surface area contributed by atoms with E-state index in [0.717, 1.165) is 4.47 Å². The number of benzene rings is 4. The van der Waals surface area contributed by atoms with Gasteiger partial charge < -0.3 is 0 Å². The minimum atomic E-state index is 1.10. The Morgan fingerprint density at radius 3 is 1.24 bits per heavy atom. The van der Waals surface area contributed by atoms with Gasteiger partial charge in [-0.3, -0.25) is 0 Å². The lowest BCUT2D eigenvalue weighted by atomic mass is 9.98. The summed E-state index contributed by atoms with van der Waals surface area (Å²) < 4.78 is 1.10. The van der Waals surface area contributed by atoms with Crippen molar-refractivity contribution in [2.24, 2.45) is 0 Å². The highest BCUT2D eigenvalue weighted by Gasteiger charge is 2.02. The van der Waals surface area contributed by atoms with Crippen LogP contribution in [0.25, 0.3) is 33.4 Å². The molecule has 0 radical (unpaired) electrons. The molecule has 4 aromatic carbocycles. The Balaban J connectivity index is 1.60. The Morgan fingerprint density at radius 1 is 0.360 bits per heavy atom. The molecule has 120 valence electrons. The number of rotatable bonds is 3. The largest absolute Gasteiger partial charge is 0.0622 e. The highest BCUT2D eigenvalue weighted by atomic mass is 79.9. The van der Waals surface area contributed by atoms with Crippen molar-refractivity contribution < 1.29 is 0 Å². The normalized spacial score (nSPS) is 10.6. The van der Waals surface area contributed by atoms with E-state index in [4.69, 9.17) is 0 Å². The van der Waals surface area contributed by atoms with Gasteiger partial charge in [0, 0.05) is 4.47 Å². The van der Waals surface area contributed by atoms with Crippen molar-refractivity contribution >= 4 is 15.9 Å². The van der Waals surface area contributed by atoms with Crippen LogP contribution in [-0.2, 0) is 0 Å². The van der Waals surface area contributed by atoms with Gasteiger partial charge in [-0.25, -0.2) is 0 Å². The van der Waals surface area contributed by atoms with Gasteiger partial charge >= 0.3 is 0 Å². The second kappa shape index (κ2) is 7.08. The van der Waals surface area contributed by atoms with Crippen LogP contribution >= 0.6 is 15.9 Å². The van der Waals surface area contributed by atoms with Crippen molar-refractivity contribution in [1.82, 2.24) is 0 Å². The molecule has 1 heteroatoms. The first kappa shape index (κ1) is 15.9. The van der Waals surface area contributed by atoms with Crippen molar-refractivity contribution in [2.75, 3.05) is 0 Å². The smallest absolute Gasteiger partial charge is 0.0181 e. The summed E-state index contributed by atoms with van der Waals surface area (Å²) in [7, 11) is 0. The summed E-state index contributed by atoms with van der Waals surface area (Å²) in [6.07, 6.45) is 0. The van der Waals surface area contributed by atoms with Gasteiger partial charge in [-0.1, -0.05) is 107 Å². The molecule has 0 heterocycles. The first-order valence-corrected chi connectivity index (χ1v) is 9.11. The molecule has 0 spiro atoms. The van der Waals surface area contributed by atoms with Gasteiger partial charge in [0.1, 0.15) is 0 Å². The number of halogens is 1.